The predicted molar refractivity (Wildman–Crippen MR) is 93.0 cm³/mol. The quantitative estimate of drug-likeness (QED) is 0.868. The highest BCUT2D eigenvalue weighted by Crippen LogP contribution is 2.53. The molecule has 1 heterocycles. The summed E-state index contributed by atoms with van der Waals surface area (Å²) in [6.45, 7) is 4.69. The molecule has 23 heavy (non-hydrogen) atoms. The first-order valence-electron chi connectivity index (χ1n) is 9.00. The van der Waals surface area contributed by atoms with Crippen LogP contribution in [-0.4, -0.2) is 21.7 Å². The Labute approximate surface area is 146 Å². The number of aryl methyl sites for hydroxylation is 2. The topological polar surface area (TPSA) is 46.9 Å². The van der Waals surface area contributed by atoms with Crippen molar-refractivity contribution >= 4 is 21.8 Å². The van der Waals surface area contributed by atoms with Gasteiger partial charge < -0.3 is 5.32 Å². The van der Waals surface area contributed by atoms with Gasteiger partial charge in [0, 0.05) is 18.2 Å². The second kappa shape index (κ2) is 5.91. The van der Waals surface area contributed by atoms with Crippen molar-refractivity contribution in [3.63, 3.8) is 0 Å². The van der Waals surface area contributed by atoms with Crippen molar-refractivity contribution in [2.24, 2.45) is 23.7 Å². The Morgan fingerprint density at radius 3 is 2.30 bits per heavy atom. The lowest BCUT2D eigenvalue weighted by Gasteiger charge is -2.54. The van der Waals surface area contributed by atoms with Gasteiger partial charge in [0.25, 0.3) is 0 Å². The highest BCUT2D eigenvalue weighted by Gasteiger charge is 2.48. The van der Waals surface area contributed by atoms with Crippen LogP contribution >= 0.6 is 15.9 Å². The van der Waals surface area contributed by atoms with Crippen LogP contribution in [0.2, 0.25) is 0 Å². The third kappa shape index (κ3) is 2.86. The number of halogens is 1. The summed E-state index contributed by atoms with van der Waals surface area (Å²) < 4.78 is 2.99. The zero-order chi connectivity index (χ0) is 16.1. The van der Waals surface area contributed by atoms with E-state index in [1.807, 2.05) is 18.5 Å². The molecule has 5 heteroatoms. The van der Waals surface area contributed by atoms with Crippen molar-refractivity contribution in [1.29, 1.82) is 0 Å². The summed E-state index contributed by atoms with van der Waals surface area (Å²) in [6.07, 6.45) is 7.38. The molecular weight excluding hydrogens is 354 g/mol. The summed E-state index contributed by atoms with van der Waals surface area (Å²) >= 11 is 3.55. The molecule has 1 aromatic rings. The number of hydrogen-bond donors (Lipinski definition) is 1. The summed E-state index contributed by atoms with van der Waals surface area (Å²) in [5.41, 5.74) is 2.09. The van der Waals surface area contributed by atoms with E-state index in [1.165, 1.54) is 32.1 Å². The smallest absolute Gasteiger partial charge is 0.222 e. The Morgan fingerprint density at radius 2 is 1.78 bits per heavy atom. The molecule has 0 spiro atoms. The van der Waals surface area contributed by atoms with Gasteiger partial charge in [-0.1, -0.05) is 0 Å². The van der Waals surface area contributed by atoms with Crippen molar-refractivity contribution < 1.29 is 4.79 Å². The molecule has 0 saturated heterocycles. The molecule has 1 aromatic heterocycles. The number of hydrogen-bond acceptors (Lipinski definition) is 2. The van der Waals surface area contributed by atoms with Crippen LogP contribution in [-0.2, 0) is 11.3 Å². The van der Waals surface area contributed by atoms with Gasteiger partial charge in [-0.15, -0.1) is 0 Å². The maximum absolute atomic E-state index is 12.4. The number of carbonyl (C=O) groups is 1. The lowest BCUT2D eigenvalue weighted by atomic mass is 9.54. The molecule has 0 aromatic carbocycles. The van der Waals surface area contributed by atoms with Crippen LogP contribution in [0.1, 0.15) is 49.9 Å². The fourth-order valence-electron chi connectivity index (χ4n) is 5.52. The molecule has 1 N–H and O–H groups in total. The van der Waals surface area contributed by atoms with E-state index >= 15 is 0 Å². The van der Waals surface area contributed by atoms with Crippen molar-refractivity contribution in [3.05, 3.63) is 15.9 Å². The van der Waals surface area contributed by atoms with Crippen LogP contribution in [0, 0.1) is 37.5 Å². The van der Waals surface area contributed by atoms with Crippen LogP contribution in [0.5, 0.6) is 0 Å². The van der Waals surface area contributed by atoms with E-state index in [-0.39, 0.29) is 5.91 Å². The van der Waals surface area contributed by atoms with E-state index < -0.39 is 0 Å². The van der Waals surface area contributed by atoms with Gasteiger partial charge in [0.15, 0.2) is 0 Å². The van der Waals surface area contributed by atoms with Gasteiger partial charge in [-0.05, 0) is 85.6 Å². The van der Waals surface area contributed by atoms with Crippen LogP contribution in [0.15, 0.2) is 4.47 Å². The number of amides is 1. The van der Waals surface area contributed by atoms with E-state index in [2.05, 4.69) is 26.3 Å². The molecule has 4 nitrogen and oxygen atoms in total. The van der Waals surface area contributed by atoms with Gasteiger partial charge in [0.05, 0.1) is 16.7 Å². The Morgan fingerprint density at radius 1 is 1.17 bits per heavy atom. The van der Waals surface area contributed by atoms with Crippen molar-refractivity contribution in [2.45, 2.75) is 65.0 Å². The predicted octanol–water partition coefficient (Wildman–Crippen LogP) is 3.59. The lowest BCUT2D eigenvalue weighted by Crippen LogP contribution is -2.55. The maximum atomic E-state index is 12.4. The van der Waals surface area contributed by atoms with Gasteiger partial charge in [-0.2, -0.15) is 5.10 Å². The molecule has 0 aliphatic heterocycles. The fourth-order valence-corrected chi connectivity index (χ4v) is 5.80. The summed E-state index contributed by atoms with van der Waals surface area (Å²) in [5.74, 6) is 3.61. The summed E-state index contributed by atoms with van der Waals surface area (Å²) in [7, 11) is 0. The van der Waals surface area contributed by atoms with Crippen LogP contribution in [0.25, 0.3) is 0 Å². The first-order chi connectivity index (χ1) is 11.0. The molecule has 4 saturated carbocycles. The minimum Gasteiger partial charge on any atom is -0.353 e. The third-order valence-electron chi connectivity index (χ3n) is 6.40. The van der Waals surface area contributed by atoms with E-state index in [1.54, 1.807) is 0 Å². The van der Waals surface area contributed by atoms with Crippen molar-refractivity contribution in [1.82, 2.24) is 15.1 Å². The van der Waals surface area contributed by atoms with Gasteiger partial charge in [0.1, 0.15) is 0 Å². The summed E-state index contributed by atoms with van der Waals surface area (Å²) in [4.78, 5) is 12.4. The Bertz CT molecular complexity index is 596. The summed E-state index contributed by atoms with van der Waals surface area (Å²) in [5, 5.41) is 7.87. The minimum absolute atomic E-state index is 0.200. The molecule has 0 atom stereocenters. The normalized spacial score (nSPS) is 34.8. The average molecular weight is 380 g/mol. The number of aromatic nitrogens is 2. The van der Waals surface area contributed by atoms with E-state index in [0.717, 1.165) is 39.5 Å². The number of carbonyl (C=O) groups excluding carboxylic acids is 1. The highest BCUT2D eigenvalue weighted by molar-refractivity contribution is 9.10. The lowest BCUT2D eigenvalue weighted by molar-refractivity contribution is -0.125. The number of nitrogens with one attached hydrogen (secondary N) is 1. The molecule has 0 radical (unpaired) electrons. The molecule has 126 valence electrons. The highest BCUT2D eigenvalue weighted by atomic mass is 79.9. The van der Waals surface area contributed by atoms with Gasteiger partial charge in [-0.25, -0.2) is 0 Å². The van der Waals surface area contributed by atoms with Crippen LogP contribution in [0.3, 0.4) is 0 Å². The molecule has 4 aliphatic rings. The first kappa shape index (κ1) is 15.7. The van der Waals surface area contributed by atoms with Gasteiger partial charge in [-0.3, -0.25) is 9.48 Å². The standard InChI is InChI=1S/C18H26BrN3O/c1-10-17(19)11(2)22(21-10)4-3-16(23)20-18-14-6-12-5-13(8-14)9-15(18)7-12/h12-15,18H,3-9H2,1-2H3,(H,20,23). The SMILES string of the molecule is Cc1nn(CCC(=O)NC2C3CC4CC(C3)CC2C4)c(C)c1Br. The van der Waals surface area contributed by atoms with E-state index in [0.29, 0.717) is 19.0 Å². The Hall–Kier alpha value is -0.840. The molecule has 0 unspecified atom stereocenters. The van der Waals surface area contributed by atoms with E-state index in [4.69, 9.17) is 0 Å². The van der Waals surface area contributed by atoms with Gasteiger partial charge >= 0.3 is 0 Å². The van der Waals surface area contributed by atoms with E-state index in [9.17, 15) is 4.79 Å². The molecule has 1 amide bonds. The zero-order valence-corrected chi connectivity index (χ0v) is 15.6. The van der Waals surface area contributed by atoms with Crippen molar-refractivity contribution in [2.75, 3.05) is 0 Å². The maximum Gasteiger partial charge on any atom is 0.222 e. The zero-order valence-electron chi connectivity index (χ0n) is 14.0. The summed E-state index contributed by atoms with van der Waals surface area (Å²) in [6, 6.07) is 0.447. The number of rotatable bonds is 4. The monoisotopic (exact) mass is 379 g/mol. The minimum atomic E-state index is 0.200. The third-order valence-corrected chi connectivity index (χ3v) is 7.55. The fraction of sp³-hybridized carbons (Fsp3) is 0.778. The molecule has 4 aliphatic carbocycles. The van der Waals surface area contributed by atoms with Crippen LogP contribution in [0.4, 0.5) is 0 Å². The largest absolute Gasteiger partial charge is 0.353 e. The first-order valence-corrected chi connectivity index (χ1v) is 9.79. The van der Waals surface area contributed by atoms with Crippen LogP contribution < -0.4 is 5.32 Å². The molecule has 4 bridgehead atoms. The second-order valence-corrected chi connectivity index (χ2v) is 8.77. The molecular formula is C18H26BrN3O. The number of nitrogens with zero attached hydrogens (tertiary/aromatic N) is 2. The molecule has 5 rings (SSSR count). The van der Waals surface area contributed by atoms with Gasteiger partial charge in [0.2, 0.25) is 5.91 Å². The van der Waals surface area contributed by atoms with Crippen molar-refractivity contribution in [3.8, 4) is 0 Å². The Balaban J connectivity index is 1.34. The second-order valence-electron chi connectivity index (χ2n) is 7.98. The average Bonchev–Trinajstić information content (AvgIpc) is 2.75. The molecule has 4 fully saturated rings. The Kier molecular flexibility index (Phi) is 4.02.